The standard InChI is InChI=1S/C16H21N3O2.H2O4S/c17-12-4-1-10(2-5-12)14-7-3-11(9-18-14)13-6-8-15(20)19-16(13)21;1-5(2,3)4/h3,7,9-10,12-13H,1-2,4-6,8,17H2,(H,19,20,21);(H2,1,2,3,4)/t10-,12-,13?;. The fourth-order valence-corrected chi connectivity index (χ4v) is 3.29. The van der Waals surface area contributed by atoms with E-state index in [4.69, 9.17) is 23.3 Å². The molecule has 2 heterocycles. The first-order valence-corrected chi connectivity index (χ1v) is 9.78. The van der Waals surface area contributed by atoms with Crippen LogP contribution in [-0.2, 0) is 20.0 Å². The van der Waals surface area contributed by atoms with Gasteiger partial charge < -0.3 is 5.73 Å². The number of nitrogens with one attached hydrogen (secondary N) is 1. The Kier molecular flexibility index (Phi) is 6.81. The molecular formula is C16H23N3O6S. The van der Waals surface area contributed by atoms with Crippen LogP contribution in [0.1, 0.15) is 61.6 Å². The van der Waals surface area contributed by atoms with Gasteiger partial charge in [-0.05, 0) is 43.7 Å². The summed E-state index contributed by atoms with van der Waals surface area (Å²) in [6.07, 6.45) is 7.06. The third-order valence-corrected chi connectivity index (χ3v) is 4.64. The number of piperidine rings is 1. The van der Waals surface area contributed by atoms with Crippen LogP contribution in [0.5, 0.6) is 0 Å². The molecule has 1 saturated carbocycles. The van der Waals surface area contributed by atoms with Gasteiger partial charge in [-0.3, -0.25) is 29.0 Å². The van der Waals surface area contributed by atoms with Crippen LogP contribution in [0, 0.1) is 0 Å². The molecular weight excluding hydrogens is 362 g/mol. The van der Waals surface area contributed by atoms with E-state index in [1.54, 1.807) is 6.20 Å². The smallest absolute Gasteiger partial charge is 0.328 e. The van der Waals surface area contributed by atoms with Crippen LogP contribution >= 0.6 is 0 Å². The minimum absolute atomic E-state index is 0.181. The lowest BCUT2D eigenvalue weighted by molar-refractivity contribution is -0.134. The molecule has 26 heavy (non-hydrogen) atoms. The summed E-state index contributed by atoms with van der Waals surface area (Å²) in [5.41, 5.74) is 7.93. The van der Waals surface area contributed by atoms with Gasteiger partial charge in [-0.2, -0.15) is 8.42 Å². The Morgan fingerprint density at radius 1 is 1.08 bits per heavy atom. The Morgan fingerprint density at radius 3 is 2.19 bits per heavy atom. The molecule has 10 heteroatoms. The van der Waals surface area contributed by atoms with E-state index >= 15 is 0 Å². The monoisotopic (exact) mass is 385 g/mol. The van der Waals surface area contributed by atoms with Gasteiger partial charge in [0, 0.05) is 30.3 Å². The molecule has 1 unspecified atom stereocenters. The number of pyridine rings is 1. The molecule has 0 radical (unpaired) electrons. The summed E-state index contributed by atoms with van der Waals surface area (Å²) >= 11 is 0. The molecule has 1 aromatic heterocycles. The van der Waals surface area contributed by atoms with Crippen LogP contribution in [0.15, 0.2) is 18.3 Å². The number of rotatable bonds is 2. The van der Waals surface area contributed by atoms with Gasteiger partial charge in [-0.25, -0.2) is 0 Å². The SMILES string of the molecule is N[C@H]1CC[C@H](c2ccc(C3CCC(=O)NC3=O)cn2)CC1.O=S(=O)(O)O. The summed E-state index contributed by atoms with van der Waals surface area (Å²) in [6, 6.07) is 4.35. The zero-order chi connectivity index (χ0) is 19.3. The van der Waals surface area contributed by atoms with Crippen molar-refractivity contribution in [1.29, 1.82) is 0 Å². The molecule has 5 N–H and O–H groups in total. The first kappa shape index (κ1) is 20.4. The molecule has 3 rings (SSSR count). The maximum atomic E-state index is 11.9. The largest absolute Gasteiger partial charge is 0.394 e. The Morgan fingerprint density at radius 2 is 1.69 bits per heavy atom. The summed E-state index contributed by atoms with van der Waals surface area (Å²) in [4.78, 5) is 27.6. The normalized spacial score (nSPS) is 26.5. The lowest BCUT2D eigenvalue weighted by Gasteiger charge is -2.26. The molecule has 0 aromatic carbocycles. The van der Waals surface area contributed by atoms with E-state index in [2.05, 4.69) is 10.3 Å². The Labute approximate surface area is 152 Å². The Balaban J connectivity index is 0.000000431. The van der Waals surface area contributed by atoms with Crippen molar-refractivity contribution in [1.82, 2.24) is 10.3 Å². The van der Waals surface area contributed by atoms with Crippen molar-refractivity contribution in [2.75, 3.05) is 0 Å². The highest BCUT2D eigenvalue weighted by Gasteiger charge is 2.28. The average Bonchev–Trinajstić information content (AvgIpc) is 2.54. The number of amides is 2. The Hall–Kier alpha value is -1.88. The van der Waals surface area contributed by atoms with Gasteiger partial charge in [0.1, 0.15) is 0 Å². The second-order valence-corrected chi connectivity index (χ2v) is 7.48. The van der Waals surface area contributed by atoms with E-state index in [0.717, 1.165) is 36.9 Å². The van der Waals surface area contributed by atoms with Crippen LogP contribution < -0.4 is 11.1 Å². The van der Waals surface area contributed by atoms with Gasteiger partial charge in [0.05, 0.1) is 5.92 Å². The second kappa shape index (κ2) is 8.67. The molecule has 1 aliphatic heterocycles. The maximum absolute atomic E-state index is 11.9. The van der Waals surface area contributed by atoms with Crippen LogP contribution in [0.25, 0.3) is 0 Å². The van der Waals surface area contributed by atoms with Crippen molar-refractivity contribution in [3.8, 4) is 0 Å². The van der Waals surface area contributed by atoms with Crippen molar-refractivity contribution in [3.63, 3.8) is 0 Å². The highest BCUT2D eigenvalue weighted by molar-refractivity contribution is 7.79. The van der Waals surface area contributed by atoms with Crippen molar-refractivity contribution in [2.24, 2.45) is 5.73 Å². The predicted octanol–water partition coefficient (Wildman–Crippen LogP) is 0.934. The highest BCUT2D eigenvalue weighted by Crippen LogP contribution is 2.32. The van der Waals surface area contributed by atoms with Crippen LogP contribution in [0.2, 0.25) is 0 Å². The third kappa shape index (κ3) is 6.45. The van der Waals surface area contributed by atoms with E-state index in [0.29, 0.717) is 24.8 Å². The van der Waals surface area contributed by atoms with E-state index in [1.807, 2.05) is 12.1 Å². The zero-order valence-electron chi connectivity index (χ0n) is 14.2. The van der Waals surface area contributed by atoms with E-state index < -0.39 is 10.4 Å². The topological polar surface area (TPSA) is 160 Å². The average molecular weight is 385 g/mol. The predicted molar refractivity (Wildman–Crippen MR) is 92.7 cm³/mol. The molecule has 1 aromatic rings. The molecule has 144 valence electrons. The first-order chi connectivity index (χ1) is 12.1. The Bertz CT molecular complexity index is 734. The van der Waals surface area contributed by atoms with Gasteiger partial charge in [-0.15, -0.1) is 0 Å². The first-order valence-electron chi connectivity index (χ1n) is 8.38. The number of hydrogen-bond donors (Lipinski definition) is 4. The third-order valence-electron chi connectivity index (χ3n) is 4.64. The van der Waals surface area contributed by atoms with Crippen LogP contribution in [0.3, 0.4) is 0 Å². The van der Waals surface area contributed by atoms with Crippen molar-refractivity contribution in [2.45, 2.75) is 56.4 Å². The lowest BCUT2D eigenvalue weighted by atomic mass is 9.83. The van der Waals surface area contributed by atoms with Gasteiger partial charge in [0.25, 0.3) is 0 Å². The molecule has 1 atom stereocenters. The highest BCUT2D eigenvalue weighted by atomic mass is 32.3. The summed E-state index contributed by atoms with van der Waals surface area (Å²) in [7, 11) is -4.67. The summed E-state index contributed by atoms with van der Waals surface area (Å²) in [5.74, 6) is -0.145. The van der Waals surface area contributed by atoms with E-state index in [9.17, 15) is 9.59 Å². The number of nitrogens with two attached hydrogens (primary N) is 1. The van der Waals surface area contributed by atoms with Gasteiger partial charge in [0.15, 0.2) is 0 Å². The van der Waals surface area contributed by atoms with Crippen molar-refractivity contribution in [3.05, 3.63) is 29.6 Å². The molecule has 2 fully saturated rings. The zero-order valence-corrected chi connectivity index (χ0v) is 15.0. The fraction of sp³-hybridized carbons (Fsp3) is 0.562. The number of nitrogens with zero attached hydrogens (tertiary/aromatic N) is 1. The van der Waals surface area contributed by atoms with E-state index in [-0.39, 0.29) is 17.7 Å². The minimum Gasteiger partial charge on any atom is -0.328 e. The van der Waals surface area contributed by atoms with Crippen LogP contribution in [-0.4, -0.2) is 40.4 Å². The number of carbonyl (C=O) groups excluding carboxylic acids is 2. The molecule has 9 nitrogen and oxygen atoms in total. The summed E-state index contributed by atoms with van der Waals surface area (Å²) < 4.78 is 31.6. The summed E-state index contributed by atoms with van der Waals surface area (Å²) in [5, 5.41) is 2.39. The molecule has 2 aliphatic rings. The number of aromatic nitrogens is 1. The quantitative estimate of drug-likeness (QED) is 0.432. The molecule has 0 bridgehead atoms. The fourth-order valence-electron chi connectivity index (χ4n) is 3.29. The number of hydrogen-bond acceptors (Lipinski definition) is 6. The minimum atomic E-state index is -4.67. The van der Waals surface area contributed by atoms with Gasteiger partial charge >= 0.3 is 10.4 Å². The molecule has 0 spiro atoms. The summed E-state index contributed by atoms with van der Waals surface area (Å²) in [6.45, 7) is 0. The molecule has 1 aliphatic carbocycles. The number of imide groups is 1. The van der Waals surface area contributed by atoms with Crippen molar-refractivity contribution < 1.29 is 27.1 Å². The lowest BCUT2D eigenvalue weighted by Crippen LogP contribution is -2.39. The number of carbonyl (C=O) groups is 2. The second-order valence-electron chi connectivity index (χ2n) is 6.58. The maximum Gasteiger partial charge on any atom is 0.394 e. The molecule has 1 saturated heterocycles. The molecule has 2 amide bonds. The van der Waals surface area contributed by atoms with Crippen LogP contribution in [0.4, 0.5) is 0 Å². The van der Waals surface area contributed by atoms with Gasteiger partial charge in [0.2, 0.25) is 11.8 Å². The van der Waals surface area contributed by atoms with E-state index in [1.165, 1.54) is 0 Å². The van der Waals surface area contributed by atoms with Gasteiger partial charge in [-0.1, -0.05) is 6.07 Å². The van der Waals surface area contributed by atoms with Crippen molar-refractivity contribution >= 4 is 22.2 Å².